The fraction of sp³-hybridized carbons (Fsp3) is 1.00. The molecule has 2 nitrogen and oxygen atoms in total. The largest absolute Gasteiger partial charge is 0.374 e. The Morgan fingerprint density at radius 2 is 1.39 bits per heavy atom. The molecule has 104 valence electrons. The fourth-order valence-corrected chi connectivity index (χ4v) is 5.51. The summed E-state index contributed by atoms with van der Waals surface area (Å²) in [6, 6.07) is 0. The van der Waals surface area contributed by atoms with Crippen molar-refractivity contribution in [2.75, 3.05) is 0 Å². The third kappa shape index (κ3) is 1.96. The van der Waals surface area contributed by atoms with Crippen LogP contribution in [0.3, 0.4) is 0 Å². The van der Waals surface area contributed by atoms with Crippen LogP contribution < -0.4 is 0 Å². The van der Waals surface area contributed by atoms with E-state index < -0.39 is 27.3 Å². The van der Waals surface area contributed by atoms with E-state index in [0.29, 0.717) is 37.0 Å². The normalized spacial score (nSPS) is 43.4. The monoisotopic (exact) mass is 282 g/mol. The lowest BCUT2D eigenvalue weighted by molar-refractivity contribution is -0.0926. The van der Waals surface area contributed by atoms with Crippen molar-refractivity contribution < 1.29 is 21.1 Å². The molecule has 0 heterocycles. The summed E-state index contributed by atoms with van der Waals surface area (Å²) in [6.07, 6.45) is 4.42. The van der Waals surface area contributed by atoms with Crippen LogP contribution in [0.25, 0.3) is 0 Å². The van der Waals surface area contributed by atoms with Crippen molar-refractivity contribution in [1.29, 1.82) is 0 Å². The lowest BCUT2D eigenvalue weighted by Gasteiger charge is -2.57. The van der Waals surface area contributed by atoms with Crippen molar-refractivity contribution in [2.24, 2.45) is 23.2 Å². The van der Waals surface area contributed by atoms with Gasteiger partial charge in [0.15, 0.2) is 0 Å². The van der Waals surface area contributed by atoms with E-state index in [1.54, 1.807) is 0 Å². The number of hydrogen-bond donors (Lipinski definition) is 0. The van der Waals surface area contributed by atoms with Gasteiger partial charge in [-0.15, -0.1) is 0 Å². The summed E-state index contributed by atoms with van der Waals surface area (Å²) < 4.78 is 60.7. The predicted octanol–water partition coefficient (Wildman–Crippen LogP) is 3.49. The molecule has 0 radical (unpaired) electrons. The Kier molecular flexibility index (Phi) is 2.58. The maximum atomic E-state index is 13.5. The quantitative estimate of drug-likeness (QED) is 0.743. The van der Waals surface area contributed by atoms with Crippen molar-refractivity contribution in [3.8, 4) is 0 Å². The van der Waals surface area contributed by atoms with Crippen LogP contribution in [-0.4, -0.2) is 13.7 Å². The first-order chi connectivity index (χ1) is 8.19. The van der Waals surface area contributed by atoms with Gasteiger partial charge in [0.1, 0.15) is 0 Å². The second-order valence-electron chi connectivity index (χ2n) is 6.67. The molecule has 0 aromatic carbocycles. The van der Waals surface area contributed by atoms with Crippen LogP contribution >= 0.6 is 0 Å². The number of rotatable bonds is 3. The molecule has 4 rings (SSSR count). The summed E-state index contributed by atoms with van der Waals surface area (Å²) in [5.74, 6) is 1.36. The van der Waals surface area contributed by atoms with E-state index in [1.165, 1.54) is 0 Å². The van der Waals surface area contributed by atoms with Crippen molar-refractivity contribution in [2.45, 2.75) is 50.2 Å². The van der Waals surface area contributed by atoms with Gasteiger partial charge in [-0.2, -0.15) is 17.2 Å². The Labute approximate surface area is 105 Å². The number of alkyl halides is 2. The van der Waals surface area contributed by atoms with Gasteiger partial charge in [-0.25, -0.2) is 0 Å². The summed E-state index contributed by atoms with van der Waals surface area (Å²) in [5.41, 5.74) is -0.628. The average Bonchev–Trinajstić information content (AvgIpc) is 2.10. The van der Waals surface area contributed by atoms with Crippen LogP contribution in [0.2, 0.25) is 0 Å². The van der Waals surface area contributed by atoms with E-state index >= 15 is 0 Å². The fourth-order valence-electron chi connectivity index (χ4n) is 5.03. The third-order valence-electron chi connectivity index (χ3n) is 5.10. The third-order valence-corrected chi connectivity index (χ3v) is 5.96. The highest BCUT2D eigenvalue weighted by atomic mass is 32.3. The van der Waals surface area contributed by atoms with Crippen LogP contribution in [0.5, 0.6) is 0 Å². The van der Waals surface area contributed by atoms with E-state index in [2.05, 4.69) is 0 Å². The minimum Gasteiger partial charge on any atom is -0.188 e. The van der Waals surface area contributed by atoms with Gasteiger partial charge in [-0.1, -0.05) is 3.89 Å². The van der Waals surface area contributed by atoms with Gasteiger partial charge in [0.05, 0.1) is 0 Å². The van der Waals surface area contributed by atoms with E-state index in [0.717, 1.165) is 19.3 Å². The molecule has 0 aromatic rings. The van der Waals surface area contributed by atoms with Crippen LogP contribution in [0.15, 0.2) is 0 Å². The van der Waals surface area contributed by atoms with Crippen LogP contribution in [-0.2, 0) is 10.2 Å². The summed E-state index contributed by atoms with van der Waals surface area (Å²) in [4.78, 5) is 0. The van der Waals surface area contributed by atoms with Gasteiger partial charge < -0.3 is 0 Å². The average molecular weight is 282 g/mol. The topological polar surface area (TPSA) is 34.1 Å². The van der Waals surface area contributed by atoms with Gasteiger partial charge >= 0.3 is 15.5 Å². The minimum absolute atomic E-state index is 0.453. The van der Waals surface area contributed by atoms with Crippen LogP contribution in [0, 0.1) is 23.2 Å². The van der Waals surface area contributed by atoms with E-state index in [4.69, 9.17) is 0 Å². The molecule has 4 aliphatic rings. The van der Waals surface area contributed by atoms with Gasteiger partial charge in [-0.05, 0) is 61.7 Å². The minimum atomic E-state index is -5.78. The van der Waals surface area contributed by atoms with Gasteiger partial charge in [0, 0.05) is 6.42 Å². The zero-order valence-corrected chi connectivity index (χ0v) is 10.9. The first kappa shape index (κ1) is 12.8. The molecule has 18 heavy (non-hydrogen) atoms. The SMILES string of the molecule is O=S(=O)(F)C(F)(F)CC12CC3CC(CC(C3)C1)C2. The lowest BCUT2D eigenvalue weighted by Crippen LogP contribution is -2.49. The van der Waals surface area contributed by atoms with E-state index in [1.807, 2.05) is 0 Å². The number of hydrogen-bond acceptors (Lipinski definition) is 2. The molecule has 4 fully saturated rings. The Morgan fingerprint density at radius 1 is 1.00 bits per heavy atom. The summed E-state index contributed by atoms with van der Waals surface area (Å²) >= 11 is 0. The van der Waals surface area contributed by atoms with E-state index in [9.17, 15) is 21.1 Å². The Morgan fingerprint density at radius 3 is 1.72 bits per heavy atom. The highest BCUT2D eigenvalue weighted by Gasteiger charge is 2.58. The van der Waals surface area contributed by atoms with Crippen molar-refractivity contribution in [3.63, 3.8) is 0 Å². The molecule has 0 aliphatic heterocycles. The Balaban J connectivity index is 1.84. The smallest absolute Gasteiger partial charge is 0.188 e. The molecule has 4 saturated carbocycles. The second-order valence-corrected chi connectivity index (χ2v) is 8.14. The van der Waals surface area contributed by atoms with Crippen molar-refractivity contribution in [3.05, 3.63) is 0 Å². The van der Waals surface area contributed by atoms with Crippen LogP contribution in [0.4, 0.5) is 12.7 Å². The molecule has 0 amide bonds. The summed E-state index contributed by atoms with van der Waals surface area (Å²) in [7, 11) is -5.78. The number of halogens is 3. The maximum Gasteiger partial charge on any atom is 0.374 e. The maximum absolute atomic E-state index is 13.5. The molecular weight excluding hydrogens is 265 g/mol. The molecule has 0 aromatic heterocycles. The first-order valence-corrected chi connectivity index (χ1v) is 7.90. The standard InChI is InChI=1S/C12H17F3O2S/c13-12(14,18(15,16)17)7-11-4-8-1-9(5-11)3-10(2-8)6-11/h8-10H,1-7H2. The van der Waals surface area contributed by atoms with Crippen molar-refractivity contribution >= 4 is 10.2 Å². The molecule has 0 spiro atoms. The Bertz CT molecular complexity index is 423. The summed E-state index contributed by atoms with van der Waals surface area (Å²) in [5, 5.41) is -4.21. The molecule has 6 heteroatoms. The molecule has 0 N–H and O–H groups in total. The highest BCUT2D eigenvalue weighted by molar-refractivity contribution is 7.87. The molecular formula is C12H17F3O2S. The molecule has 0 atom stereocenters. The molecule has 0 unspecified atom stereocenters. The van der Waals surface area contributed by atoms with Gasteiger partial charge in [0.2, 0.25) is 0 Å². The van der Waals surface area contributed by atoms with E-state index in [-0.39, 0.29) is 0 Å². The zero-order chi connectivity index (χ0) is 13.2. The zero-order valence-electron chi connectivity index (χ0n) is 10.0. The summed E-state index contributed by atoms with van der Waals surface area (Å²) in [6.45, 7) is 0. The lowest BCUT2D eigenvalue weighted by atomic mass is 9.49. The van der Waals surface area contributed by atoms with Gasteiger partial charge in [-0.3, -0.25) is 0 Å². The van der Waals surface area contributed by atoms with Crippen LogP contribution in [0.1, 0.15) is 44.9 Å². The molecule has 4 bridgehead atoms. The molecule has 4 aliphatic carbocycles. The van der Waals surface area contributed by atoms with Crippen molar-refractivity contribution in [1.82, 2.24) is 0 Å². The predicted molar refractivity (Wildman–Crippen MR) is 60.2 cm³/mol. The second kappa shape index (κ2) is 3.64. The van der Waals surface area contributed by atoms with Gasteiger partial charge in [0.25, 0.3) is 0 Å². The highest BCUT2D eigenvalue weighted by Crippen LogP contribution is 2.63. The molecule has 0 saturated heterocycles. The first-order valence-electron chi connectivity index (χ1n) is 6.51. The Hall–Kier alpha value is -0.260.